The highest BCUT2D eigenvalue weighted by molar-refractivity contribution is 7.09. The van der Waals surface area contributed by atoms with Crippen molar-refractivity contribution < 1.29 is 9.53 Å². The Bertz CT molecular complexity index is 628. The van der Waals surface area contributed by atoms with Crippen LogP contribution in [0.15, 0.2) is 41.8 Å². The number of urea groups is 1. The first-order chi connectivity index (χ1) is 11.3. The fourth-order valence-corrected chi connectivity index (χ4v) is 3.50. The van der Waals surface area contributed by atoms with Crippen LogP contribution in [-0.2, 0) is 12.8 Å². The first kappa shape index (κ1) is 15.9. The van der Waals surface area contributed by atoms with Crippen LogP contribution in [0.1, 0.15) is 16.9 Å². The zero-order valence-corrected chi connectivity index (χ0v) is 13.9. The van der Waals surface area contributed by atoms with E-state index in [4.69, 9.17) is 4.74 Å². The van der Waals surface area contributed by atoms with Crippen molar-refractivity contribution >= 4 is 17.4 Å². The molecule has 1 unspecified atom stereocenters. The largest absolute Gasteiger partial charge is 0.493 e. The summed E-state index contributed by atoms with van der Waals surface area (Å²) in [7, 11) is 0. The molecule has 0 spiro atoms. The molecule has 3 rings (SSSR count). The van der Waals surface area contributed by atoms with E-state index in [1.54, 1.807) is 11.3 Å². The third kappa shape index (κ3) is 4.73. The highest BCUT2D eigenvalue weighted by Gasteiger charge is 2.17. The maximum atomic E-state index is 11.9. The van der Waals surface area contributed by atoms with Gasteiger partial charge < -0.3 is 15.4 Å². The molecule has 2 heterocycles. The SMILES string of the molecule is O=C(NCCc1cccs1)NCC1CCOc2ccccc2C1. The van der Waals surface area contributed by atoms with Crippen LogP contribution in [0.4, 0.5) is 4.79 Å². The van der Waals surface area contributed by atoms with Gasteiger partial charge in [0.1, 0.15) is 5.75 Å². The van der Waals surface area contributed by atoms with Crippen LogP contribution in [0.2, 0.25) is 0 Å². The highest BCUT2D eigenvalue weighted by Crippen LogP contribution is 2.26. The smallest absolute Gasteiger partial charge is 0.314 e. The molecule has 1 aromatic carbocycles. The number of para-hydroxylation sites is 1. The predicted octanol–water partition coefficient (Wildman–Crippen LogP) is 3.23. The number of ether oxygens (including phenoxy) is 1. The predicted molar refractivity (Wildman–Crippen MR) is 93.2 cm³/mol. The van der Waals surface area contributed by atoms with Gasteiger partial charge in [-0.05, 0) is 48.3 Å². The van der Waals surface area contributed by atoms with Gasteiger partial charge in [0.2, 0.25) is 0 Å². The van der Waals surface area contributed by atoms with Gasteiger partial charge in [-0.2, -0.15) is 0 Å². The van der Waals surface area contributed by atoms with Gasteiger partial charge in [0.25, 0.3) is 0 Å². The van der Waals surface area contributed by atoms with Crippen LogP contribution in [0.5, 0.6) is 5.75 Å². The Hall–Kier alpha value is -2.01. The Morgan fingerprint density at radius 2 is 2.13 bits per heavy atom. The number of hydrogen-bond donors (Lipinski definition) is 2. The van der Waals surface area contributed by atoms with Gasteiger partial charge in [0.05, 0.1) is 6.61 Å². The van der Waals surface area contributed by atoms with Crippen LogP contribution in [0.3, 0.4) is 0 Å². The number of nitrogens with one attached hydrogen (secondary N) is 2. The van der Waals surface area contributed by atoms with Gasteiger partial charge in [0, 0.05) is 18.0 Å². The molecule has 1 aromatic heterocycles. The quantitative estimate of drug-likeness (QED) is 0.884. The van der Waals surface area contributed by atoms with E-state index in [2.05, 4.69) is 28.1 Å². The molecule has 2 aromatic rings. The lowest BCUT2D eigenvalue weighted by Crippen LogP contribution is -2.39. The Labute approximate surface area is 140 Å². The summed E-state index contributed by atoms with van der Waals surface area (Å²) in [5, 5.41) is 7.97. The molecule has 1 atom stereocenters. The number of carbonyl (C=O) groups is 1. The van der Waals surface area contributed by atoms with Crippen LogP contribution < -0.4 is 15.4 Å². The molecule has 2 amide bonds. The van der Waals surface area contributed by atoms with Crippen LogP contribution >= 0.6 is 11.3 Å². The van der Waals surface area contributed by atoms with Crippen molar-refractivity contribution in [2.24, 2.45) is 5.92 Å². The van der Waals surface area contributed by atoms with Gasteiger partial charge in [0.15, 0.2) is 0 Å². The number of rotatable bonds is 5. The van der Waals surface area contributed by atoms with Crippen LogP contribution in [0.25, 0.3) is 0 Å². The Morgan fingerprint density at radius 1 is 1.22 bits per heavy atom. The number of hydrogen-bond acceptors (Lipinski definition) is 3. The number of fused-ring (bicyclic) bond motifs is 1. The lowest BCUT2D eigenvalue weighted by atomic mass is 9.97. The van der Waals surface area contributed by atoms with E-state index in [1.165, 1.54) is 10.4 Å². The summed E-state index contributed by atoms with van der Waals surface area (Å²) in [6.07, 6.45) is 2.80. The first-order valence-corrected chi connectivity index (χ1v) is 8.94. The minimum atomic E-state index is -0.0833. The zero-order valence-electron chi connectivity index (χ0n) is 13.1. The third-order valence-electron chi connectivity index (χ3n) is 4.05. The second-order valence-corrected chi connectivity index (χ2v) is 6.81. The molecule has 0 saturated heterocycles. The zero-order chi connectivity index (χ0) is 15.9. The average molecular weight is 330 g/mol. The Morgan fingerprint density at radius 3 is 3.00 bits per heavy atom. The summed E-state index contributed by atoms with van der Waals surface area (Å²) in [4.78, 5) is 13.2. The van der Waals surface area contributed by atoms with Crippen molar-refractivity contribution in [2.75, 3.05) is 19.7 Å². The van der Waals surface area contributed by atoms with E-state index >= 15 is 0 Å². The first-order valence-electron chi connectivity index (χ1n) is 8.06. The maximum Gasteiger partial charge on any atom is 0.314 e. The van der Waals surface area contributed by atoms with E-state index < -0.39 is 0 Å². The molecule has 2 N–H and O–H groups in total. The number of benzene rings is 1. The summed E-state index contributed by atoms with van der Waals surface area (Å²) in [6.45, 7) is 2.06. The van der Waals surface area contributed by atoms with Gasteiger partial charge in [-0.15, -0.1) is 11.3 Å². The van der Waals surface area contributed by atoms with Crippen molar-refractivity contribution in [3.63, 3.8) is 0 Å². The summed E-state index contributed by atoms with van der Waals surface area (Å²) in [5.41, 5.74) is 1.23. The second-order valence-electron chi connectivity index (χ2n) is 5.78. The molecule has 5 heteroatoms. The van der Waals surface area contributed by atoms with Crippen molar-refractivity contribution in [1.29, 1.82) is 0 Å². The van der Waals surface area contributed by atoms with Crippen molar-refractivity contribution in [3.8, 4) is 5.75 Å². The molecule has 4 nitrogen and oxygen atoms in total. The second kappa shape index (κ2) is 8.02. The minimum Gasteiger partial charge on any atom is -0.493 e. The number of thiophene rings is 1. The lowest BCUT2D eigenvalue weighted by Gasteiger charge is -2.15. The van der Waals surface area contributed by atoms with Crippen LogP contribution in [0, 0.1) is 5.92 Å². The lowest BCUT2D eigenvalue weighted by molar-refractivity contribution is 0.237. The molecular weight excluding hydrogens is 308 g/mol. The van der Waals surface area contributed by atoms with Crippen molar-refractivity contribution in [3.05, 3.63) is 52.2 Å². The molecule has 1 aliphatic heterocycles. The molecule has 122 valence electrons. The average Bonchev–Trinajstić information content (AvgIpc) is 2.98. The fraction of sp³-hybridized carbons (Fsp3) is 0.389. The minimum absolute atomic E-state index is 0.0833. The van der Waals surface area contributed by atoms with E-state index in [1.807, 2.05) is 24.3 Å². The standard InChI is InChI=1S/C18H22N2O2S/c21-18(19-9-7-16-5-3-11-23-16)20-13-14-8-10-22-17-6-2-1-4-15(17)12-14/h1-6,11,14H,7-10,12-13H2,(H2,19,20,21). The van der Waals surface area contributed by atoms with Gasteiger partial charge in [-0.1, -0.05) is 24.3 Å². The molecule has 0 aliphatic carbocycles. The number of carbonyl (C=O) groups excluding carboxylic acids is 1. The summed E-state index contributed by atoms with van der Waals surface area (Å²) in [5.74, 6) is 1.40. The van der Waals surface area contributed by atoms with E-state index in [9.17, 15) is 4.79 Å². The molecule has 0 radical (unpaired) electrons. The maximum absolute atomic E-state index is 11.9. The van der Waals surface area contributed by atoms with E-state index in [0.29, 0.717) is 25.6 Å². The number of amides is 2. The Kier molecular flexibility index (Phi) is 5.53. The monoisotopic (exact) mass is 330 g/mol. The normalized spacial score (nSPS) is 16.8. The van der Waals surface area contributed by atoms with E-state index in [-0.39, 0.29) is 6.03 Å². The van der Waals surface area contributed by atoms with Gasteiger partial charge >= 0.3 is 6.03 Å². The third-order valence-corrected chi connectivity index (χ3v) is 4.99. The van der Waals surface area contributed by atoms with Gasteiger partial charge in [-0.3, -0.25) is 0 Å². The van der Waals surface area contributed by atoms with Crippen molar-refractivity contribution in [2.45, 2.75) is 19.3 Å². The molecule has 0 bridgehead atoms. The Balaban J connectivity index is 1.40. The highest BCUT2D eigenvalue weighted by atomic mass is 32.1. The van der Waals surface area contributed by atoms with Crippen molar-refractivity contribution in [1.82, 2.24) is 10.6 Å². The van der Waals surface area contributed by atoms with Crippen LogP contribution in [-0.4, -0.2) is 25.7 Å². The molecule has 0 saturated carbocycles. The summed E-state index contributed by atoms with van der Waals surface area (Å²) in [6, 6.07) is 12.2. The fourth-order valence-electron chi connectivity index (χ4n) is 2.79. The molecular formula is C18H22N2O2S. The van der Waals surface area contributed by atoms with E-state index in [0.717, 1.165) is 25.0 Å². The molecule has 23 heavy (non-hydrogen) atoms. The molecule has 1 aliphatic rings. The van der Waals surface area contributed by atoms with Gasteiger partial charge in [-0.25, -0.2) is 4.79 Å². The summed E-state index contributed by atoms with van der Waals surface area (Å²) >= 11 is 1.72. The topological polar surface area (TPSA) is 50.4 Å². The molecule has 0 fully saturated rings. The summed E-state index contributed by atoms with van der Waals surface area (Å²) < 4.78 is 5.76.